The van der Waals surface area contributed by atoms with Gasteiger partial charge in [-0.2, -0.15) is 0 Å². The summed E-state index contributed by atoms with van der Waals surface area (Å²) >= 11 is 0. The lowest BCUT2D eigenvalue weighted by molar-refractivity contribution is -0.138. The molecule has 0 spiro atoms. The molecular formula is C15H32O6. The fourth-order valence-corrected chi connectivity index (χ4v) is 1.05. The third kappa shape index (κ3) is 45.5. The number of aliphatic hydroxyl groups is 2. The Morgan fingerprint density at radius 2 is 1.05 bits per heavy atom. The summed E-state index contributed by atoms with van der Waals surface area (Å²) in [6.07, 6.45) is 5.85. The van der Waals surface area contributed by atoms with Crippen molar-refractivity contribution < 1.29 is 30.0 Å². The van der Waals surface area contributed by atoms with E-state index < -0.39 is 18.2 Å². The fraction of sp³-hybridized carbons (Fsp3) is 0.867. The highest BCUT2D eigenvalue weighted by Crippen LogP contribution is 1.97. The number of aliphatic carboxylic acids is 2. The maximum Gasteiger partial charge on any atom is 0.303 e. The van der Waals surface area contributed by atoms with Crippen LogP contribution in [-0.2, 0) is 9.59 Å². The highest BCUT2D eigenvalue weighted by Gasteiger charge is 1.93. The van der Waals surface area contributed by atoms with E-state index in [1.165, 1.54) is 0 Å². The molecule has 0 unspecified atom stereocenters. The molecule has 0 atom stereocenters. The van der Waals surface area contributed by atoms with Crippen molar-refractivity contribution in [3.8, 4) is 0 Å². The van der Waals surface area contributed by atoms with Gasteiger partial charge >= 0.3 is 11.9 Å². The van der Waals surface area contributed by atoms with Crippen LogP contribution in [0, 0.1) is 0 Å². The van der Waals surface area contributed by atoms with Crippen LogP contribution < -0.4 is 0 Å². The van der Waals surface area contributed by atoms with E-state index in [9.17, 15) is 9.59 Å². The molecule has 0 fully saturated rings. The molecule has 6 heteroatoms. The first-order valence-electron chi connectivity index (χ1n) is 7.61. The van der Waals surface area contributed by atoms with E-state index in [1.807, 2.05) is 0 Å². The van der Waals surface area contributed by atoms with Gasteiger partial charge in [-0.3, -0.25) is 9.59 Å². The van der Waals surface area contributed by atoms with Crippen molar-refractivity contribution in [2.75, 3.05) is 0 Å². The Hall–Kier alpha value is -1.14. The van der Waals surface area contributed by atoms with E-state index in [4.69, 9.17) is 20.4 Å². The van der Waals surface area contributed by atoms with Crippen molar-refractivity contribution in [1.29, 1.82) is 0 Å². The summed E-state index contributed by atoms with van der Waals surface area (Å²) in [6.45, 7) is 5.81. The largest absolute Gasteiger partial charge is 0.481 e. The summed E-state index contributed by atoms with van der Waals surface area (Å²) in [4.78, 5) is 19.7. The second kappa shape index (κ2) is 21.2. The van der Waals surface area contributed by atoms with E-state index in [0.717, 1.165) is 38.5 Å². The highest BCUT2D eigenvalue weighted by atomic mass is 16.5. The maximum absolute atomic E-state index is 9.87. The molecule has 0 aliphatic rings. The van der Waals surface area contributed by atoms with Crippen molar-refractivity contribution in [3.05, 3.63) is 0 Å². The number of carboxylic acids is 2. The zero-order valence-electron chi connectivity index (χ0n) is 13.5. The minimum atomic E-state index is -1.12. The molecule has 0 saturated carbocycles. The molecule has 0 aliphatic heterocycles. The number of carbonyl (C=O) groups is 2. The van der Waals surface area contributed by atoms with Gasteiger partial charge in [0.15, 0.2) is 6.29 Å². The predicted octanol–water partition coefficient (Wildman–Crippen LogP) is 3.01. The molecule has 0 aromatic rings. The number of aliphatic hydroxyl groups excluding tert-OH is 1. The molecule has 0 aromatic carbocycles. The van der Waals surface area contributed by atoms with Gasteiger partial charge in [0.25, 0.3) is 0 Å². The van der Waals surface area contributed by atoms with Crippen molar-refractivity contribution >= 4 is 11.9 Å². The van der Waals surface area contributed by atoms with Crippen LogP contribution in [0.5, 0.6) is 0 Å². The van der Waals surface area contributed by atoms with Crippen LogP contribution in [0.15, 0.2) is 0 Å². The number of hydrogen-bond acceptors (Lipinski definition) is 4. The summed E-state index contributed by atoms with van der Waals surface area (Å²) in [5.74, 6) is -1.36. The van der Waals surface area contributed by atoms with Crippen LogP contribution >= 0.6 is 0 Å². The molecule has 0 aromatic heterocycles. The predicted molar refractivity (Wildman–Crippen MR) is 82.1 cm³/mol. The van der Waals surface area contributed by atoms with Gasteiger partial charge in [0, 0.05) is 12.8 Å². The van der Waals surface area contributed by atoms with Crippen LogP contribution in [-0.4, -0.2) is 38.7 Å². The summed E-state index contributed by atoms with van der Waals surface area (Å²) in [5.41, 5.74) is 0. The van der Waals surface area contributed by atoms with Crippen molar-refractivity contribution in [3.63, 3.8) is 0 Å². The number of carboxylic acid groups (broad SMARTS) is 2. The first-order valence-corrected chi connectivity index (χ1v) is 7.61. The lowest BCUT2D eigenvalue weighted by Gasteiger charge is -1.90. The SMILES string of the molecule is CCC(O)O.CCCCCC(=O)O.CCCCCC(=O)O. The molecule has 6 nitrogen and oxygen atoms in total. The van der Waals surface area contributed by atoms with Crippen LogP contribution in [0.25, 0.3) is 0 Å². The molecule has 0 heterocycles. The smallest absolute Gasteiger partial charge is 0.303 e. The Morgan fingerprint density at radius 3 is 1.19 bits per heavy atom. The van der Waals surface area contributed by atoms with Crippen molar-refractivity contribution in [2.24, 2.45) is 0 Å². The molecule has 0 bridgehead atoms. The second-order valence-electron chi connectivity index (χ2n) is 4.59. The molecule has 0 amide bonds. The normalized spacial score (nSPS) is 9.24. The van der Waals surface area contributed by atoms with Crippen LogP contribution in [0.1, 0.15) is 78.6 Å². The average molecular weight is 308 g/mol. The quantitative estimate of drug-likeness (QED) is 0.384. The molecule has 21 heavy (non-hydrogen) atoms. The Labute approximate surface area is 127 Å². The Balaban J connectivity index is -0.000000239. The zero-order chi connectivity index (χ0) is 17.1. The highest BCUT2D eigenvalue weighted by molar-refractivity contribution is 5.66. The minimum absolute atomic E-state index is 0.327. The first-order chi connectivity index (χ1) is 9.81. The summed E-state index contributed by atoms with van der Waals surface area (Å²) < 4.78 is 0. The molecule has 128 valence electrons. The molecular weight excluding hydrogens is 276 g/mol. The Kier molecular flexibility index (Phi) is 25.0. The van der Waals surface area contributed by atoms with Gasteiger partial charge in [-0.25, -0.2) is 0 Å². The van der Waals surface area contributed by atoms with Crippen molar-refractivity contribution in [2.45, 2.75) is 84.8 Å². The van der Waals surface area contributed by atoms with Crippen molar-refractivity contribution in [1.82, 2.24) is 0 Å². The van der Waals surface area contributed by atoms with Gasteiger partial charge in [0.05, 0.1) is 0 Å². The Bertz CT molecular complexity index is 208. The van der Waals surface area contributed by atoms with E-state index in [2.05, 4.69) is 13.8 Å². The standard InChI is InChI=1S/2C6H12O2.C3H8O2/c2*1-2-3-4-5-6(7)8;1-2-3(4)5/h2*2-5H2,1H3,(H,7,8);3-5H,2H2,1H3. The lowest BCUT2D eigenvalue weighted by atomic mass is 10.2. The average Bonchev–Trinajstić information content (AvgIpc) is 2.40. The van der Waals surface area contributed by atoms with Gasteiger partial charge in [-0.05, 0) is 19.3 Å². The van der Waals surface area contributed by atoms with E-state index in [0.29, 0.717) is 19.3 Å². The molecule has 0 rings (SSSR count). The van der Waals surface area contributed by atoms with Crippen LogP contribution in [0.3, 0.4) is 0 Å². The van der Waals surface area contributed by atoms with Gasteiger partial charge in [-0.15, -0.1) is 0 Å². The number of unbranched alkanes of at least 4 members (excludes halogenated alkanes) is 4. The maximum atomic E-state index is 9.87. The lowest BCUT2D eigenvalue weighted by Crippen LogP contribution is -1.99. The summed E-state index contributed by atoms with van der Waals surface area (Å²) in [5, 5.41) is 32.1. The van der Waals surface area contributed by atoms with Gasteiger partial charge in [0.1, 0.15) is 0 Å². The third-order valence-electron chi connectivity index (χ3n) is 2.35. The number of rotatable bonds is 9. The second-order valence-corrected chi connectivity index (χ2v) is 4.59. The minimum Gasteiger partial charge on any atom is -0.481 e. The zero-order valence-corrected chi connectivity index (χ0v) is 13.5. The van der Waals surface area contributed by atoms with Gasteiger partial charge < -0.3 is 20.4 Å². The van der Waals surface area contributed by atoms with Gasteiger partial charge in [-0.1, -0.05) is 46.5 Å². The molecule has 4 N–H and O–H groups in total. The Morgan fingerprint density at radius 1 is 0.762 bits per heavy atom. The van der Waals surface area contributed by atoms with Gasteiger partial charge in [0.2, 0.25) is 0 Å². The topological polar surface area (TPSA) is 115 Å². The van der Waals surface area contributed by atoms with Crippen LogP contribution in [0.4, 0.5) is 0 Å². The van der Waals surface area contributed by atoms with E-state index >= 15 is 0 Å². The summed E-state index contributed by atoms with van der Waals surface area (Å²) in [6, 6.07) is 0. The van der Waals surface area contributed by atoms with E-state index in [1.54, 1.807) is 6.92 Å². The third-order valence-corrected chi connectivity index (χ3v) is 2.35. The fourth-order valence-electron chi connectivity index (χ4n) is 1.05. The number of hydrogen-bond donors (Lipinski definition) is 4. The molecule has 0 saturated heterocycles. The van der Waals surface area contributed by atoms with E-state index in [-0.39, 0.29) is 0 Å². The first kappa shape index (κ1) is 24.9. The monoisotopic (exact) mass is 308 g/mol. The summed E-state index contributed by atoms with van der Waals surface area (Å²) in [7, 11) is 0. The molecule has 0 radical (unpaired) electrons. The molecule has 0 aliphatic carbocycles. The van der Waals surface area contributed by atoms with Crippen LogP contribution in [0.2, 0.25) is 0 Å².